The lowest BCUT2D eigenvalue weighted by atomic mass is 9.93. The summed E-state index contributed by atoms with van der Waals surface area (Å²) in [6.45, 7) is 4.38. The van der Waals surface area contributed by atoms with Gasteiger partial charge in [0.15, 0.2) is 4.80 Å². The minimum Gasteiger partial charge on any atom is -0.494 e. The van der Waals surface area contributed by atoms with Crippen LogP contribution in [0.2, 0.25) is 5.02 Å². The van der Waals surface area contributed by atoms with E-state index in [1.165, 1.54) is 28.0 Å². The number of hydrogen-bond donors (Lipinski definition) is 0. The smallest absolute Gasteiger partial charge is 0.338 e. The molecule has 2 heterocycles. The number of non-ortho nitro benzene ring substituents is 1. The first kappa shape index (κ1) is 33.4. The zero-order valence-electron chi connectivity index (χ0n) is 26.5. The van der Waals surface area contributed by atoms with Crippen molar-refractivity contribution < 1.29 is 23.9 Å². The summed E-state index contributed by atoms with van der Waals surface area (Å²) in [6, 6.07) is 26.9. The first-order chi connectivity index (χ1) is 23.8. The molecule has 0 amide bonds. The second-order valence-electron chi connectivity index (χ2n) is 10.8. The van der Waals surface area contributed by atoms with Gasteiger partial charge in [0.1, 0.15) is 18.1 Å². The van der Waals surface area contributed by atoms with Crippen molar-refractivity contribution in [3.05, 3.63) is 160 Å². The molecule has 4 aromatic carbocycles. The molecule has 1 aromatic heterocycles. The van der Waals surface area contributed by atoms with Crippen molar-refractivity contribution in [2.24, 2.45) is 4.99 Å². The summed E-state index contributed by atoms with van der Waals surface area (Å²) in [7, 11) is 0. The summed E-state index contributed by atoms with van der Waals surface area (Å²) >= 11 is 7.57. The van der Waals surface area contributed by atoms with Gasteiger partial charge in [0, 0.05) is 28.3 Å². The van der Waals surface area contributed by atoms with Crippen LogP contribution in [0, 0.1) is 10.1 Å². The summed E-state index contributed by atoms with van der Waals surface area (Å²) in [5.41, 5.74) is 2.93. The number of benzene rings is 4. The van der Waals surface area contributed by atoms with Crippen LogP contribution in [0.3, 0.4) is 0 Å². The van der Waals surface area contributed by atoms with Crippen molar-refractivity contribution in [2.45, 2.75) is 26.5 Å². The fourth-order valence-electron chi connectivity index (χ4n) is 5.45. The van der Waals surface area contributed by atoms with E-state index in [1.54, 1.807) is 55.5 Å². The molecule has 0 spiro atoms. The predicted molar refractivity (Wildman–Crippen MR) is 188 cm³/mol. The van der Waals surface area contributed by atoms with Crippen molar-refractivity contribution in [2.75, 3.05) is 13.2 Å². The van der Waals surface area contributed by atoms with Crippen LogP contribution in [-0.2, 0) is 16.1 Å². The molecule has 10 nitrogen and oxygen atoms in total. The van der Waals surface area contributed by atoms with E-state index in [-0.39, 0.29) is 30.0 Å². The maximum atomic E-state index is 14.4. The Morgan fingerprint density at radius 1 is 0.980 bits per heavy atom. The number of fused-ring (bicyclic) bond motifs is 1. The van der Waals surface area contributed by atoms with E-state index in [2.05, 4.69) is 0 Å². The SMILES string of the molecule is CCOC(=O)C1=C(c2ccccc2)N=c2s/c(=C\c3cc(Cl)ccc3OCc3ccc([N+](=O)[O-])cc3)c(=O)n2[C@@H]1c1ccc(OCC)cc1. The second-order valence-corrected chi connectivity index (χ2v) is 12.3. The number of esters is 1. The molecule has 0 fully saturated rings. The van der Waals surface area contributed by atoms with E-state index in [1.807, 2.05) is 49.4 Å². The molecule has 49 heavy (non-hydrogen) atoms. The van der Waals surface area contributed by atoms with Gasteiger partial charge in [0.05, 0.1) is 40.0 Å². The summed E-state index contributed by atoms with van der Waals surface area (Å²) in [6.07, 6.45) is 1.69. The molecule has 1 atom stereocenters. The molecular weight excluding hydrogens is 666 g/mol. The fraction of sp³-hybridized carbons (Fsp3) is 0.162. The van der Waals surface area contributed by atoms with Gasteiger partial charge >= 0.3 is 5.97 Å². The Morgan fingerprint density at radius 3 is 2.39 bits per heavy atom. The number of rotatable bonds is 11. The molecule has 0 saturated heterocycles. The van der Waals surface area contributed by atoms with E-state index in [4.69, 9.17) is 30.8 Å². The van der Waals surface area contributed by atoms with Gasteiger partial charge in [0.2, 0.25) is 0 Å². The molecule has 1 aliphatic heterocycles. The molecule has 0 bridgehead atoms. The zero-order chi connectivity index (χ0) is 34.5. The Bertz CT molecular complexity index is 2230. The number of halogens is 1. The molecule has 0 aliphatic carbocycles. The number of nitro benzene ring substituents is 1. The highest BCUT2D eigenvalue weighted by molar-refractivity contribution is 7.07. The maximum absolute atomic E-state index is 14.4. The first-order valence-corrected chi connectivity index (χ1v) is 16.6. The summed E-state index contributed by atoms with van der Waals surface area (Å²) < 4.78 is 19.2. The molecule has 0 radical (unpaired) electrons. The molecular formula is C37H30ClN3O7S. The Kier molecular flexibility index (Phi) is 10.0. The van der Waals surface area contributed by atoms with Crippen LogP contribution in [-0.4, -0.2) is 28.7 Å². The summed E-state index contributed by atoms with van der Waals surface area (Å²) in [5, 5.41) is 11.5. The van der Waals surface area contributed by atoms with E-state index in [0.29, 0.717) is 54.8 Å². The highest BCUT2D eigenvalue weighted by Gasteiger charge is 2.35. The van der Waals surface area contributed by atoms with Gasteiger partial charge in [-0.2, -0.15) is 0 Å². The fourth-order valence-corrected chi connectivity index (χ4v) is 6.62. The molecule has 0 N–H and O–H groups in total. The third-order valence-electron chi connectivity index (χ3n) is 7.68. The van der Waals surface area contributed by atoms with E-state index < -0.39 is 16.9 Å². The number of carbonyl (C=O) groups excluding carboxylic acids is 1. The highest BCUT2D eigenvalue weighted by Crippen LogP contribution is 2.36. The van der Waals surface area contributed by atoms with Gasteiger partial charge in [-0.1, -0.05) is 65.4 Å². The Morgan fingerprint density at radius 2 is 1.71 bits per heavy atom. The predicted octanol–water partition coefficient (Wildman–Crippen LogP) is 6.47. The van der Waals surface area contributed by atoms with Gasteiger partial charge in [-0.15, -0.1) is 0 Å². The van der Waals surface area contributed by atoms with E-state index >= 15 is 0 Å². The topological polar surface area (TPSA) is 122 Å². The standard InChI is InChI=1S/C37H30ClN3O7S/c1-3-46-29-17-12-25(13-18-29)34-32(36(43)47-4-2)33(24-8-6-5-7-9-24)39-37-40(34)35(42)31(49-37)21-26-20-27(38)14-19-30(26)48-22-23-10-15-28(16-11-23)41(44)45/h5-21,34H,3-4,22H2,1-2H3/b31-21-/t34-/m1/s1. The van der Waals surface area contributed by atoms with Gasteiger partial charge in [-0.3, -0.25) is 19.5 Å². The van der Waals surface area contributed by atoms with Crippen LogP contribution in [0.4, 0.5) is 5.69 Å². The minimum atomic E-state index is -0.847. The average molecular weight is 696 g/mol. The summed E-state index contributed by atoms with van der Waals surface area (Å²) in [4.78, 5) is 44.0. The van der Waals surface area contributed by atoms with Crippen molar-refractivity contribution in [3.8, 4) is 11.5 Å². The number of nitrogens with zero attached hydrogens (tertiary/aromatic N) is 3. The lowest BCUT2D eigenvalue weighted by molar-refractivity contribution is -0.384. The molecule has 248 valence electrons. The van der Waals surface area contributed by atoms with Crippen molar-refractivity contribution in [3.63, 3.8) is 0 Å². The second kappa shape index (κ2) is 14.7. The van der Waals surface area contributed by atoms with Crippen molar-refractivity contribution in [1.82, 2.24) is 4.57 Å². The van der Waals surface area contributed by atoms with Gasteiger partial charge in [0.25, 0.3) is 11.2 Å². The highest BCUT2D eigenvalue weighted by atomic mass is 35.5. The number of ether oxygens (including phenoxy) is 3. The third-order valence-corrected chi connectivity index (χ3v) is 8.90. The van der Waals surface area contributed by atoms with Gasteiger partial charge in [-0.05, 0) is 73.5 Å². The van der Waals surface area contributed by atoms with Crippen LogP contribution >= 0.6 is 22.9 Å². The minimum absolute atomic E-state index is 0.0172. The van der Waals surface area contributed by atoms with Crippen LogP contribution in [0.5, 0.6) is 11.5 Å². The quantitative estimate of drug-likeness (QED) is 0.0881. The van der Waals surface area contributed by atoms with Crippen LogP contribution < -0.4 is 24.4 Å². The van der Waals surface area contributed by atoms with E-state index in [0.717, 1.165) is 5.56 Å². The lowest BCUT2D eigenvalue weighted by Gasteiger charge is -2.26. The number of carbonyl (C=O) groups is 1. The number of thiazole rings is 1. The first-order valence-electron chi connectivity index (χ1n) is 15.4. The van der Waals surface area contributed by atoms with Gasteiger partial charge in [-0.25, -0.2) is 9.79 Å². The van der Waals surface area contributed by atoms with Gasteiger partial charge < -0.3 is 14.2 Å². The maximum Gasteiger partial charge on any atom is 0.338 e. The average Bonchev–Trinajstić information content (AvgIpc) is 3.42. The molecule has 0 saturated carbocycles. The largest absolute Gasteiger partial charge is 0.494 e. The lowest BCUT2D eigenvalue weighted by Crippen LogP contribution is -2.40. The molecule has 6 rings (SSSR count). The summed E-state index contributed by atoms with van der Waals surface area (Å²) in [5.74, 6) is 0.537. The monoisotopic (exact) mass is 695 g/mol. The number of hydrogen-bond acceptors (Lipinski definition) is 9. The normalized spacial score (nSPS) is 14.2. The third kappa shape index (κ3) is 7.18. The van der Waals surface area contributed by atoms with Crippen LogP contribution in [0.15, 0.2) is 112 Å². The Labute approximate surface area is 290 Å². The van der Waals surface area contributed by atoms with Crippen molar-refractivity contribution >= 4 is 46.4 Å². The number of nitro groups is 1. The molecule has 0 unspecified atom stereocenters. The van der Waals surface area contributed by atoms with E-state index in [9.17, 15) is 19.7 Å². The van der Waals surface area contributed by atoms with Crippen LogP contribution in [0.25, 0.3) is 11.8 Å². The Balaban J connectivity index is 1.49. The molecule has 1 aliphatic rings. The molecule has 5 aromatic rings. The molecule has 12 heteroatoms. The Hall–Kier alpha value is -5.52. The zero-order valence-corrected chi connectivity index (χ0v) is 28.1. The number of aromatic nitrogens is 1. The van der Waals surface area contributed by atoms with Crippen LogP contribution in [0.1, 0.15) is 42.1 Å². The van der Waals surface area contributed by atoms with Crippen molar-refractivity contribution in [1.29, 1.82) is 0 Å².